The zero-order valence-electron chi connectivity index (χ0n) is 15.9. The summed E-state index contributed by atoms with van der Waals surface area (Å²) in [7, 11) is 0. The van der Waals surface area contributed by atoms with Gasteiger partial charge in [-0.05, 0) is 31.4 Å². The monoisotopic (exact) mass is 385 g/mol. The Bertz CT molecular complexity index is 893. The molecule has 3 rings (SSSR count). The molecule has 7 heteroatoms. The van der Waals surface area contributed by atoms with Crippen molar-refractivity contribution in [3.05, 3.63) is 40.4 Å². The van der Waals surface area contributed by atoms with Crippen molar-refractivity contribution < 1.29 is 14.7 Å². The van der Waals surface area contributed by atoms with Crippen molar-refractivity contribution in [3.63, 3.8) is 0 Å². The number of amides is 1. The van der Waals surface area contributed by atoms with Crippen molar-refractivity contribution in [2.75, 3.05) is 0 Å². The molecule has 0 aliphatic heterocycles. The van der Waals surface area contributed by atoms with Crippen LogP contribution >= 0.6 is 0 Å². The van der Waals surface area contributed by atoms with Gasteiger partial charge in [0.05, 0.1) is 16.8 Å². The summed E-state index contributed by atoms with van der Waals surface area (Å²) < 4.78 is 0. The van der Waals surface area contributed by atoms with Crippen LogP contribution in [-0.2, 0) is 16.0 Å². The third-order valence-corrected chi connectivity index (χ3v) is 5.41. The van der Waals surface area contributed by atoms with Crippen molar-refractivity contribution in [2.24, 2.45) is 5.92 Å². The van der Waals surface area contributed by atoms with E-state index in [1.54, 1.807) is 18.2 Å². The average molecular weight is 385 g/mol. The van der Waals surface area contributed by atoms with Crippen LogP contribution in [0.5, 0.6) is 0 Å². The summed E-state index contributed by atoms with van der Waals surface area (Å²) in [5.74, 6) is -0.918. The number of benzene rings is 1. The summed E-state index contributed by atoms with van der Waals surface area (Å²) in [6.07, 6.45) is 6.60. The number of nitrogens with one attached hydrogen (secondary N) is 2. The first kappa shape index (κ1) is 20.0. The van der Waals surface area contributed by atoms with E-state index < -0.39 is 11.9 Å². The summed E-state index contributed by atoms with van der Waals surface area (Å²) in [5.41, 5.74) is 0.466. The second-order valence-electron chi connectivity index (χ2n) is 7.49. The molecule has 1 fully saturated rings. The summed E-state index contributed by atoms with van der Waals surface area (Å²) in [6, 6.07) is 6.85. The second-order valence-corrected chi connectivity index (χ2v) is 7.49. The summed E-state index contributed by atoms with van der Waals surface area (Å²) in [4.78, 5) is 43.2. The number of rotatable bonds is 6. The molecule has 28 heavy (non-hydrogen) atoms. The minimum Gasteiger partial charge on any atom is -0.481 e. The van der Waals surface area contributed by atoms with Gasteiger partial charge in [0.15, 0.2) is 0 Å². The first-order valence-electron chi connectivity index (χ1n) is 10.0. The van der Waals surface area contributed by atoms with Gasteiger partial charge in [0.2, 0.25) is 5.91 Å². The van der Waals surface area contributed by atoms with Crippen molar-refractivity contribution >= 4 is 22.8 Å². The number of aryl methyl sites for hydroxylation is 1. The van der Waals surface area contributed by atoms with Gasteiger partial charge in [-0.15, -0.1) is 0 Å². The number of para-hydroxylation sites is 1. The van der Waals surface area contributed by atoms with Gasteiger partial charge in [-0.1, -0.05) is 37.8 Å². The molecule has 1 amide bonds. The molecule has 2 atom stereocenters. The molecule has 2 aromatic rings. The van der Waals surface area contributed by atoms with Gasteiger partial charge < -0.3 is 15.4 Å². The van der Waals surface area contributed by atoms with Gasteiger partial charge in [0, 0.05) is 18.9 Å². The largest absolute Gasteiger partial charge is 0.481 e. The van der Waals surface area contributed by atoms with Crippen LogP contribution in [0.1, 0.15) is 57.2 Å². The molecule has 3 N–H and O–H groups in total. The number of aromatic nitrogens is 2. The SMILES string of the molecule is O=C(CCCc1nc2ccccc2c(=O)[nH]1)NC1CCCCCCC1C(=O)O. The third-order valence-electron chi connectivity index (χ3n) is 5.41. The zero-order chi connectivity index (χ0) is 19.9. The fourth-order valence-electron chi connectivity index (χ4n) is 3.90. The van der Waals surface area contributed by atoms with Crippen molar-refractivity contribution in [2.45, 2.75) is 63.8 Å². The van der Waals surface area contributed by atoms with Crippen LogP contribution in [0.2, 0.25) is 0 Å². The van der Waals surface area contributed by atoms with Crippen LogP contribution in [0.25, 0.3) is 10.9 Å². The van der Waals surface area contributed by atoms with Crippen LogP contribution < -0.4 is 10.9 Å². The van der Waals surface area contributed by atoms with E-state index >= 15 is 0 Å². The number of H-pyrrole nitrogens is 1. The molecule has 1 aromatic carbocycles. The number of hydrogen-bond acceptors (Lipinski definition) is 4. The first-order valence-corrected chi connectivity index (χ1v) is 10.0. The van der Waals surface area contributed by atoms with Crippen LogP contribution in [-0.4, -0.2) is 33.0 Å². The highest BCUT2D eigenvalue weighted by Crippen LogP contribution is 2.23. The van der Waals surface area contributed by atoms with E-state index in [1.807, 2.05) is 6.07 Å². The molecule has 0 spiro atoms. The molecular weight excluding hydrogens is 358 g/mol. The molecule has 150 valence electrons. The number of carboxylic acid groups (broad SMARTS) is 1. The van der Waals surface area contributed by atoms with E-state index in [2.05, 4.69) is 15.3 Å². The molecule has 0 radical (unpaired) electrons. The predicted octanol–water partition coefficient (Wildman–Crippen LogP) is 2.79. The highest BCUT2D eigenvalue weighted by atomic mass is 16.4. The minimum atomic E-state index is -0.829. The molecule has 1 heterocycles. The Hall–Kier alpha value is -2.70. The van der Waals surface area contributed by atoms with Crippen LogP contribution in [0.15, 0.2) is 29.1 Å². The number of carbonyl (C=O) groups excluding carboxylic acids is 1. The van der Waals surface area contributed by atoms with E-state index in [9.17, 15) is 19.5 Å². The van der Waals surface area contributed by atoms with Crippen molar-refractivity contribution in [3.8, 4) is 0 Å². The van der Waals surface area contributed by atoms with E-state index in [-0.39, 0.29) is 23.9 Å². The number of aromatic amines is 1. The zero-order valence-corrected chi connectivity index (χ0v) is 15.9. The normalized spacial score (nSPS) is 20.3. The summed E-state index contributed by atoms with van der Waals surface area (Å²) >= 11 is 0. The lowest BCUT2D eigenvalue weighted by Gasteiger charge is -2.27. The predicted molar refractivity (Wildman–Crippen MR) is 106 cm³/mol. The third kappa shape index (κ3) is 5.18. The van der Waals surface area contributed by atoms with Gasteiger partial charge in [-0.25, -0.2) is 4.98 Å². The highest BCUT2D eigenvalue weighted by Gasteiger charge is 2.29. The van der Waals surface area contributed by atoms with E-state index in [0.717, 1.165) is 25.7 Å². The molecule has 1 aliphatic rings. The Labute approximate surface area is 163 Å². The van der Waals surface area contributed by atoms with Crippen molar-refractivity contribution in [1.29, 1.82) is 0 Å². The number of fused-ring (bicyclic) bond motifs is 1. The maximum absolute atomic E-state index is 12.4. The topological polar surface area (TPSA) is 112 Å². The first-order chi connectivity index (χ1) is 13.5. The Morgan fingerprint density at radius 3 is 2.68 bits per heavy atom. The number of hydrogen-bond donors (Lipinski definition) is 3. The lowest BCUT2D eigenvalue weighted by Crippen LogP contribution is -2.43. The smallest absolute Gasteiger partial charge is 0.308 e. The maximum Gasteiger partial charge on any atom is 0.308 e. The maximum atomic E-state index is 12.4. The van der Waals surface area contributed by atoms with Crippen LogP contribution in [0, 0.1) is 5.92 Å². The van der Waals surface area contributed by atoms with Gasteiger partial charge in [-0.2, -0.15) is 0 Å². The quantitative estimate of drug-likeness (QED) is 0.708. The number of carbonyl (C=O) groups is 2. The summed E-state index contributed by atoms with van der Waals surface area (Å²) in [5, 5.41) is 13.0. The Morgan fingerprint density at radius 1 is 1.14 bits per heavy atom. The standard InChI is InChI=1S/C21H27N3O4/c25-19(23-17-10-4-2-1-3-9-15(17)21(27)28)13-7-12-18-22-16-11-6-5-8-14(16)20(26)24-18/h5-6,8,11,15,17H,1-4,7,9-10,12-13H2,(H,23,25)(H,27,28)(H,22,24,26). The Morgan fingerprint density at radius 2 is 1.89 bits per heavy atom. The molecule has 2 unspecified atom stereocenters. The Kier molecular flexibility index (Phi) is 6.79. The Balaban J connectivity index is 1.55. The highest BCUT2D eigenvalue weighted by molar-refractivity contribution is 5.78. The van der Waals surface area contributed by atoms with Crippen LogP contribution in [0.3, 0.4) is 0 Å². The molecule has 0 saturated heterocycles. The molecule has 1 aromatic heterocycles. The van der Waals surface area contributed by atoms with Crippen molar-refractivity contribution in [1.82, 2.24) is 15.3 Å². The molecular formula is C21H27N3O4. The molecule has 1 saturated carbocycles. The lowest BCUT2D eigenvalue weighted by molar-refractivity contribution is -0.143. The molecule has 7 nitrogen and oxygen atoms in total. The van der Waals surface area contributed by atoms with E-state index in [1.165, 1.54) is 0 Å². The van der Waals surface area contributed by atoms with Gasteiger partial charge in [0.1, 0.15) is 5.82 Å². The summed E-state index contributed by atoms with van der Waals surface area (Å²) in [6.45, 7) is 0. The fourth-order valence-corrected chi connectivity index (χ4v) is 3.90. The van der Waals surface area contributed by atoms with Gasteiger partial charge in [-0.3, -0.25) is 14.4 Å². The number of nitrogens with zero attached hydrogens (tertiary/aromatic N) is 1. The van der Waals surface area contributed by atoms with E-state index in [0.29, 0.717) is 42.4 Å². The van der Waals surface area contributed by atoms with E-state index in [4.69, 9.17) is 0 Å². The lowest BCUT2D eigenvalue weighted by atomic mass is 9.86. The second kappa shape index (κ2) is 9.48. The average Bonchev–Trinajstić information content (AvgIpc) is 2.64. The fraction of sp³-hybridized carbons (Fsp3) is 0.524. The van der Waals surface area contributed by atoms with Gasteiger partial charge in [0.25, 0.3) is 5.56 Å². The number of aliphatic carboxylic acids is 1. The van der Waals surface area contributed by atoms with Crippen LogP contribution in [0.4, 0.5) is 0 Å². The number of carboxylic acids is 1. The van der Waals surface area contributed by atoms with Gasteiger partial charge >= 0.3 is 5.97 Å². The minimum absolute atomic E-state index is 0.139. The molecule has 1 aliphatic carbocycles. The molecule has 0 bridgehead atoms.